The zero-order chi connectivity index (χ0) is 14.4. The second-order valence-corrected chi connectivity index (χ2v) is 5.20. The lowest BCUT2D eigenvalue weighted by molar-refractivity contribution is -0.137. The highest BCUT2D eigenvalue weighted by atomic mass is 16.4. The van der Waals surface area contributed by atoms with Gasteiger partial charge in [0.25, 0.3) is 0 Å². The molecule has 1 unspecified atom stereocenters. The molecule has 1 saturated heterocycles. The molecule has 1 atom stereocenters. The highest BCUT2D eigenvalue weighted by Gasteiger charge is 2.17. The van der Waals surface area contributed by atoms with Crippen LogP contribution in [0.5, 0.6) is 0 Å². The summed E-state index contributed by atoms with van der Waals surface area (Å²) in [7, 11) is 0. The number of hydrogen-bond donors (Lipinski definition) is 3. The van der Waals surface area contributed by atoms with E-state index in [1.54, 1.807) is 0 Å². The fourth-order valence-corrected chi connectivity index (χ4v) is 2.37. The van der Waals surface area contributed by atoms with Crippen LogP contribution < -0.4 is 10.6 Å². The van der Waals surface area contributed by atoms with E-state index in [1.165, 1.54) is 0 Å². The molecular formula is C15H20N2O3. The van der Waals surface area contributed by atoms with Crippen molar-refractivity contribution in [2.45, 2.75) is 25.7 Å². The minimum Gasteiger partial charge on any atom is -0.481 e. The van der Waals surface area contributed by atoms with Gasteiger partial charge in [-0.05, 0) is 49.5 Å². The quantitative estimate of drug-likeness (QED) is 0.738. The van der Waals surface area contributed by atoms with Crippen LogP contribution in [-0.2, 0) is 16.0 Å². The second-order valence-electron chi connectivity index (χ2n) is 5.20. The van der Waals surface area contributed by atoms with Gasteiger partial charge in [0.1, 0.15) is 0 Å². The Morgan fingerprint density at radius 2 is 2.05 bits per heavy atom. The summed E-state index contributed by atoms with van der Waals surface area (Å²) in [6.45, 7) is 1.91. The summed E-state index contributed by atoms with van der Waals surface area (Å²) < 4.78 is 0. The van der Waals surface area contributed by atoms with E-state index in [1.807, 2.05) is 24.3 Å². The number of nitrogens with one attached hydrogen (secondary N) is 2. The maximum atomic E-state index is 11.9. The van der Waals surface area contributed by atoms with E-state index in [0.29, 0.717) is 18.8 Å². The fourth-order valence-electron chi connectivity index (χ4n) is 2.37. The summed E-state index contributed by atoms with van der Waals surface area (Å²) in [5, 5.41) is 14.7. The Balaban J connectivity index is 1.80. The van der Waals surface area contributed by atoms with Crippen LogP contribution in [0.3, 0.4) is 0 Å². The van der Waals surface area contributed by atoms with E-state index in [0.717, 1.165) is 30.8 Å². The highest BCUT2D eigenvalue weighted by molar-refractivity contribution is 5.90. The first-order chi connectivity index (χ1) is 9.63. The van der Waals surface area contributed by atoms with Crippen molar-refractivity contribution >= 4 is 17.6 Å². The summed E-state index contributed by atoms with van der Waals surface area (Å²) >= 11 is 0. The predicted octanol–water partition coefficient (Wildman–Crippen LogP) is 1.64. The molecule has 1 amide bonds. The van der Waals surface area contributed by atoms with Crippen molar-refractivity contribution in [3.63, 3.8) is 0 Å². The van der Waals surface area contributed by atoms with E-state index >= 15 is 0 Å². The Kier molecular flexibility index (Phi) is 5.12. The number of anilines is 1. The van der Waals surface area contributed by atoms with Gasteiger partial charge in [-0.15, -0.1) is 0 Å². The molecule has 0 aromatic heterocycles. The minimum atomic E-state index is -0.799. The number of carboxylic acids is 1. The molecular weight excluding hydrogens is 256 g/mol. The molecule has 1 aliphatic heterocycles. The van der Waals surface area contributed by atoms with Crippen molar-refractivity contribution in [3.05, 3.63) is 29.8 Å². The molecule has 1 aromatic rings. The van der Waals surface area contributed by atoms with Crippen LogP contribution in [0.25, 0.3) is 0 Å². The van der Waals surface area contributed by atoms with E-state index in [9.17, 15) is 9.59 Å². The molecule has 0 aliphatic carbocycles. The summed E-state index contributed by atoms with van der Waals surface area (Å²) in [6, 6.07) is 7.36. The van der Waals surface area contributed by atoms with E-state index in [-0.39, 0.29) is 12.3 Å². The lowest BCUT2D eigenvalue weighted by atomic mass is 10.0. The first-order valence-electron chi connectivity index (χ1n) is 6.95. The summed E-state index contributed by atoms with van der Waals surface area (Å²) in [5.41, 5.74) is 1.73. The van der Waals surface area contributed by atoms with Crippen LogP contribution in [0.4, 0.5) is 5.69 Å². The molecule has 1 aromatic carbocycles. The maximum Gasteiger partial charge on any atom is 0.303 e. The number of carbonyl (C=O) groups is 2. The summed E-state index contributed by atoms with van der Waals surface area (Å²) in [6.07, 6.45) is 2.24. The highest BCUT2D eigenvalue weighted by Crippen LogP contribution is 2.15. The van der Waals surface area contributed by atoms with Crippen LogP contribution in [0.15, 0.2) is 24.3 Å². The molecule has 108 valence electrons. The van der Waals surface area contributed by atoms with Gasteiger partial charge in [0.2, 0.25) is 5.91 Å². The van der Waals surface area contributed by atoms with Gasteiger partial charge in [0, 0.05) is 18.5 Å². The van der Waals surface area contributed by atoms with Crippen molar-refractivity contribution < 1.29 is 14.7 Å². The smallest absolute Gasteiger partial charge is 0.303 e. The molecule has 0 bridgehead atoms. The SMILES string of the molecule is O=C(O)CCc1ccc(NC(=O)CC2CCNC2)cc1. The van der Waals surface area contributed by atoms with Crippen LogP contribution in [0, 0.1) is 5.92 Å². The van der Waals surface area contributed by atoms with Crippen LogP contribution in [0.2, 0.25) is 0 Å². The van der Waals surface area contributed by atoms with Crippen LogP contribution in [-0.4, -0.2) is 30.1 Å². The average Bonchev–Trinajstić information content (AvgIpc) is 2.90. The zero-order valence-corrected chi connectivity index (χ0v) is 11.4. The summed E-state index contributed by atoms with van der Waals surface area (Å²) in [4.78, 5) is 22.3. The lowest BCUT2D eigenvalue weighted by Gasteiger charge is -2.09. The molecule has 2 rings (SSSR count). The standard InChI is InChI=1S/C15H20N2O3/c18-14(9-12-7-8-16-10-12)17-13-4-1-11(2-5-13)3-6-15(19)20/h1-2,4-5,12,16H,3,6-10H2,(H,17,18)(H,19,20). The molecule has 5 heteroatoms. The number of carboxylic acid groups (broad SMARTS) is 1. The third-order valence-corrected chi connectivity index (χ3v) is 3.50. The maximum absolute atomic E-state index is 11.9. The Hall–Kier alpha value is -1.88. The van der Waals surface area contributed by atoms with Crippen molar-refractivity contribution in [1.82, 2.24) is 5.32 Å². The van der Waals surface area contributed by atoms with Gasteiger partial charge in [0.05, 0.1) is 0 Å². The number of benzene rings is 1. The number of aliphatic carboxylic acids is 1. The third-order valence-electron chi connectivity index (χ3n) is 3.50. The topological polar surface area (TPSA) is 78.4 Å². The van der Waals surface area contributed by atoms with Gasteiger partial charge in [-0.1, -0.05) is 12.1 Å². The first-order valence-corrected chi connectivity index (χ1v) is 6.95. The van der Waals surface area contributed by atoms with Gasteiger partial charge >= 0.3 is 5.97 Å². The number of aryl methyl sites for hydroxylation is 1. The Morgan fingerprint density at radius 3 is 2.65 bits per heavy atom. The molecule has 1 heterocycles. The molecule has 0 spiro atoms. The van der Waals surface area contributed by atoms with Crippen molar-refractivity contribution in [3.8, 4) is 0 Å². The molecule has 0 saturated carbocycles. The Bertz CT molecular complexity index is 465. The number of rotatable bonds is 6. The van der Waals surface area contributed by atoms with Gasteiger partial charge in [-0.2, -0.15) is 0 Å². The number of amides is 1. The molecule has 20 heavy (non-hydrogen) atoms. The predicted molar refractivity (Wildman–Crippen MR) is 76.6 cm³/mol. The first kappa shape index (κ1) is 14.5. The molecule has 1 fully saturated rings. The molecule has 3 N–H and O–H groups in total. The van der Waals surface area contributed by atoms with Gasteiger partial charge in [-0.25, -0.2) is 0 Å². The second kappa shape index (κ2) is 7.05. The Morgan fingerprint density at radius 1 is 1.30 bits per heavy atom. The summed E-state index contributed by atoms with van der Waals surface area (Å²) in [5.74, 6) is -0.325. The normalized spacial score (nSPS) is 17.9. The van der Waals surface area contributed by atoms with Crippen molar-refractivity contribution in [1.29, 1.82) is 0 Å². The average molecular weight is 276 g/mol. The van der Waals surface area contributed by atoms with Gasteiger partial charge in [-0.3, -0.25) is 9.59 Å². The Labute approximate surface area is 118 Å². The zero-order valence-electron chi connectivity index (χ0n) is 11.4. The molecule has 0 radical (unpaired) electrons. The number of carbonyl (C=O) groups excluding carboxylic acids is 1. The molecule has 5 nitrogen and oxygen atoms in total. The van der Waals surface area contributed by atoms with E-state index in [4.69, 9.17) is 5.11 Å². The monoisotopic (exact) mass is 276 g/mol. The van der Waals surface area contributed by atoms with Gasteiger partial charge in [0.15, 0.2) is 0 Å². The fraction of sp³-hybridized carbons (Fsp3) is 0.467. The van der Waals surface area contributed by atoms with Crippen LogP contribution in [0.1, 0.15) is 24.8 Å². The molecule has 1 aliphatic rings. The van der Waals surface area contributed by atoms with E-state index in [2.05, 4.69) is 10.6 Å². The lowest BCUT2D eigenvalue weighted by Crippen LogP contribution is -2.18. The minimum absolute atomic E-state index is 0.0389. The van der Waals surface area contributed by atoms with Crippen molar-refractivity contribution in [2.24, 2.45) is 5.92 Å². The number of hydrogen-bond acceptors (Lipinski definition) is 3. The third kappa shape index (κ3) is 4.66. The van der Waals surface area contributed by atoms with Crippen molar-refractivity contribution in [2.75, 3.05) is 18.4 Å². The van der Waals surface area contributed by atoms with Crippen LogP contribution >= 0.6 is 0 Å². The van der Waals surface area contributed by atoms with Gasteiger partial charge < -0.3 is 15.7 Å². The van der Waals surface area contributed by atoms with E-state index < -0.39 is 5.97 Å². The largest absolute Gasteiger partial charge is 0.481 e.